The van der Waals surface area contributed by atoms with Gasteiger partial charge >= 0.3 is 11.7 Å². The zero-order valence-electron chi connectivity index (χ0n) is 13.1. The van der Waals surface area contributed by atoms with Gasteiger partial charge in [0, 0.05) is 13.5 Å². The summed E-state index contributed by atoms with van der Waals surface area (Å²) in [5.41, 5.74) is -0.642. The minimum absolute atomic E-state index is 0.00697. The van der Waals surface area contributed by atoms with E-state index in [4.69, 9.17) is 0 Å². The van der Waals surface area contributed by atoms with Crippen molar-refractivity contribution in [2.24, 2.45) is 13.0 Å². The van der Waals surface area contributed by atoms with Crippen LogP contribution in [-0.2, 0) is 13.5 Å². The zero-order valence-corrected chi connectivity index (χ0v) is 13.1. The molecule has 1 unspecified atom stereocenters. The fraction of sp³-hybridized carbons (Fsp3) is 0.643. The fourth-order valence-corrected chi connectivity index (χ4v) is 2.33. The molecule has 1 atom stereocenters. The SMILES string of the molecule is CCC(C)CCCCc1nc(C(=O)O)c2nnn(C)c(=O)n12. The van der Waals surface area contributed by atoms with Gasteiger partial charge in [-0.25, -0.2) is 19.0 Å². The fourth-order valence-electron chi connectivity index (χ4n) is 2.33. The maximum absolute atomic E-state index is 12.2. The Morgan fingerprint density at radius 3 is 2.73 bits per heavy atom. The van der Waals surface area contributed by atoms with Gasteiger partial charge in [-0.15, -0.1) is 5.10 Å². The summed E-state index contributed by atoms with van der Waals surface area (Å²) in [6.07, 6.45) is 4.68. The molecule has 120 valence electrons. The summed E-state index contributed by atoms with van der Waals surface area (Å²) in [6, 6.07) is 0. The van der Waals surface area contributed by atoms with Gasteiger partial charge in [-0.1, -0.05) is 38.3 Å². The number of aromatic nitrogens is 5. The third-order valence-corrected chi connectivity index (χ3v) is 3.91. The Kier molecular flexibility index (Phi) is 4.89. The van der Waals surface area contributed by atoms with Gasteiger partial charge in [0.2, 0.25) is 0 Å². The number of hydrogen-bond acceptors (Lipinski definition) is 5. The largest absolute Gasteiger partial charge is 0.476 e. The third kappa shape index (κ3) is 3.15. The molecule has 0 fully saturated rings. The average Bonchev–Trinajstić information content (AvgIpc) is 2.86. The van der Waals surface area contributed by atoms with Crippen molar-refractivity contribution in [2.75, 3.05) is 0 Å². The first kappa shape index (κ1) is 16.1. The molecule has 0 aliphatic heterocycles. The van der Waals surface area contributed by atoms with E-state index in [2.05, 4.69) is 29.1 Å². The highest BCUT2D eigenvalue weighted by Gasteiger charge is 2.20. The van der Waals surface area contributed by atoms with Crippen molar-refractivity contribution in [3.63, 3.8) is 0 Å². The molecule has 0 radical (unpaired) electrons. The average molecular weight is 307 g/mol. The minimum Gasteiger partial charge on any atom is -0.476 e. The van der Waals surface area contributed by atoms with E-state index in [0.717, 1.165) is 30.4 Å². The van der Waals surface area contributed by atoms with Gasteiger partial charge in [0.15, 0.2) is 11.3 Å². The molecule has 1 N–H and O–H groups in total. The van der Waals surface area contributed by atoms with Gasteiger partial charge in [0.1, 0.15) is 5.82 Å². The Labute approximate surface area is 127 Å². The monoisotopic (exact) mass is 307 g/mol. The summed E-state index contributed by atoms with van der Waals surface area (Å²) < 4.78 is 2.32. The number of carboxylic acid groups (broad SMARTS) is 1. The van der Waals surface area contributed by atoms with Crippen molar-refractivity contribution in [3.05, 3.63) is 22.0 Å². The van der Waals surface area contributed by atoms with E-state index in [1.165, 1.54) is 11.4 Å². The summed E-state index contributed by atoms with van der Waals surface area (Å²) in [6.45, 7) is 4.37. The first-order valence-corrected chi connectivity index (χ1v) is 7.50. The molecule has 8 heteroatoms. The van der Waals surface area contributed by atoms with Crippen LogP contribution in [0.4, 0.5) is 0 Å². The lowest BCUT2D eigenvalue weighted by molar-refractivity contribution is 0.0692. The maximum atomic E-state index is 12.2. The molecule has 0 amide bonds. The van der Waals surface area contributed by atoms with Crippen molar-refractivity contribution < 1.29 is 9.90 Å². The van der Waals surface area contributed by atoms with Gasteiger partial charge in [0.05, 0.1) is 0 Å². The quantitative estimate of drug-likeness (QED) is 0.773. The number of unbranched alkanes of at least 4 members (excludes halogenated alkanes) is 1. The van der Waals surface area contributed by atoms with E-state index in [-0.39, 0.29) is 11.3 Å². The predicted molar refractivity (Wildman–Crippen MR) is 80.0 cm³/mol. The predicted octanol–water partition coefficient (Wildman–Crippen LogP) is 1.28. The molecule has 2 aromatic rings. The number of carboxylic acids is 1. The summed E-state index contributed by atoms with van der Waals surface area (Å²) in [5, 5.41) is 16.6. The minimum atomic E-state index is -1.20. The van der Waals surface area contributed by atoms with Gasteiger partial charge < -0.3 is 5.11 Å². The Bertz CT molecular complexity index is 734. The van der Waals surface area contributed by atoms with Crippen molar-refractivity contribution in [2.45, 2.75) is 46.0 Å². The molecule has 2 heterocycles. The van der Waals surface area contributed by atoms with Crippen LogP contribution in [0.5, 0.6) is 0 Å². The molecular formula is C14H21N5O3. The summed E-state index contributed by atoms with van der Waals surface area (Å²) in [5.74, 6) is -0.0942. The lowest BCUT2D eigenvalue weighted by Gasteiger charge is -2.07. The zero-order chi connectivity index (χ0) is 16.3. The van der Waals surface area contributed by atoms with Crippen LogP contribution in [-0.4, -0.2) is 35.5 Å². The molecule has 8 nitrogen and oxygen atoms in total. The van der Waals surface area contributed by atoms with E-state index in [1.807, 2.05) is 0 Å². The lowest BCUT2D eigenvalue weighted by Crippen LogP contribution is -2.28. The van der Waals surface area contributed by atoms with Gasteiger partial charge in [0.25, 0.3) is 0 Å². The van der Waals surface area contributed by atoms with E-state index < -0.39 is 11.7 Å². The molecular weight excluding hydrogens is 286 g/mol. The topological polar surface area (TPSA) is 102 Å². The van der Waals surface area contributed by atoms with E-state index in [0.29, 0.717) is 18.2 Å². The normalized spacial score (nSPS) is 12.7. The number of hydrogen-bond donors (Lipinski definition) is 1. The van der Waals surface area contributed by atoms with Crippen LogP contribution in [0.1, 0.15) is 55.8 Å². The van der Waals surface area contributed by atoms with Crippen LogP contribution >= 0.6 is 0 Å². The molecule has 0 aliphatic rings. The maximum Gasteiger partial charge on any atom is 0.358 e. The first-order chi connectivity index (χ1) is 10.5. The van der Waals surface area contributed by atoms with Gasteiger partial charge in [-0.3, -0.25) is 0 Å². The lowest BCUT2D eigenvalue weighted by atomic mass is 10.0. The van der Waals surface area contributed by atoms with Crippen LogP contribution in [0.3, 0.4) is 0 Å². The third-order valence-electron chi connectivity index (χ3n) is 3.91. The van der Waals surface area contributed by atoms with E-state index >= 15 is 0 Å². The van der Waals surface area contributed by atoms with Gasteiger partial charge in [-0.05, 0) is 12.3 Å². The number of aromatic carboxylic acids is 1. The molecule has 0 bridgehead atoms. The highest BCUT2D eigenvalue weighted by molar-refractivity contribution is 5.92. The highest BCUT2D eigenvalue weighted by Crippen LogP contribution is 2.14. The summed E-state index contributed by atoms with van der Waals surface area (Å²) in [7, 11) is 1.47. The second-order valence-electron chi connectivity index (χ2n) is 5.60. The van der Waals surface area contributed by atoms with Crippen LogP contribution in [0, 0.1) is 5.92 Å². The van der Waals surface area contributed by atoms with Crippen molar-refractivity contribution in [1.29, 1.82) is 0 Å². The van der Waals surface area contributed by atoms with Crippen molar-refractivity contribution in [1.82, 2.24) is 24.4 Å². The molecule has 0 saturated heterocycles. The number of carbonyl (C=O) groups is 1. The molecule has 0 aromatic carbocycles. The molecule has 0 saturated carbocycles. The number of imidazole rings is 1. The molecule has 22 heavy (non-hydrogen) atoms. The number of nitrogens with zero attached hydrogens (tertiary/aromatic N) is 5. The van der Waals surface area contributed by atoms with Crippen molar-refractivity contribution in [3.8, 4) is 0 Å². The van der Waals surface area contributed by atoms with Crippen molar-refractivity contribution >= 4 is 11.6 Å². The van der Waals surface area contributed by atoms with E-state index in [1.54, 1.807) is 0 Å². The Morgan fingerprint density at radius 1 is 1.36 bits per heavy atom. The second-order valence-corrected chi connectivity index (χ2v) is 5.60. The van der Waals surface area contributed by atoms with E-state index in [9.17, 15) is 14.7 Å². The van der Waals surface area contributed by atoms with Crippen LogP contribution in [0.15, 0.2) is 4.79 Å². The van der Waals surface area contributed by atoms with Crippen LogP contribution in [0.25, 0.3) is 5.65 Å². The number of rotatable bonds is 7. The first-order valence-electron chi connectivity index (χ1n) is 7.50. The Morgan fingerprint density at radius 2 is 2.09 bits per heavy atom. The van der Waals surface area contributed by atoms with Crippen LogP contribution < -0.4 is 5.69 Å². The Balaban J connectivity index is 2.27. The van der Waals surface area contributed by atoms with Gasteiger partial charge in [-0.2, -0.15) is 4.68 Å². The summed E-state index contributed by atoms with van der Waals surface area (Å²) in [4.78, 5) is 27.5. The summed E-state index contributed by atoms with van der Waals surface area (Å²) >= 11 is 0. The number of aryl methyl sites for hydroxylation is 2. The Hall–Kier alpha value is -2.25. The smallest absolute Gasteiger partial charge is 0.358 e. The molecule has 0 aliphatic carbocycles. The molecule has 2 aromatic heterocycles. The number of fused-ring (bicyclic) bond motifs is 1. The second kappa shape index (κ2) is 6.67. The standard InChI is InChI=1S/C14H21N5O3/c1-4-9(2)7-5-6-8-10-15-11(13(20)21)12-16-17-18(3)14(22)19(10)12/h9H,4-8H2,1-3H3,(H,20,21). The van der Waals surface area contributed by atoms with Crippen LogP contribution in [0.2, 0.25) is 0 Å². The highest BCUT2D eigenvalue weighted by atomic mass is 16.4. The molecule has 2 rings (SSSR count). The molecule has 0 spiro atoms.